The fourth-order valence-electron chi connectivity index (χ4n) is 1.52. The number of amides is 1. The summed E-state index contributed by atoms with van der Waals surface area (Å²) in [4.78, 5) is 15.8. The summed E-state index contributed by atoms with van der Waals surface area (Å²) >= 11 is 0. The van der Waals surface area contributed by atoms with Gasteiger partial charge in [-0.2, -0.15) is 0 Å². The van der Waals surface area contributed by atoms with Crippen molar-refractivity contribution in [1.29, 1.82) is 5.41 Å². The van der Waals surface area contributed by atoms with E-state index in [0.29, 0.717) is 11.2 Å². The number of aromatic hydroxyl groups is 1. The summed E-state index contributed by atoms with van der Waals surface area (Å²) in [6.45, 7) is 0. The van der Waals surface area contributed by atoms with Gasteiger partial charge in [-0.3, -0.25) is 15.1 Å². The Morgan fingerprint density at radius 1 is 1.44 bits per heavy atom. The van der Waals surface area contributed by atoms with Gasteiger partial charge < -0.3 is 15.8 Å². The second-order valence-corrected chi connectivity index (χ2v) is 3.70. The van der Waals surface area contributed by atoms with Crippen LogP contribution in [0, 0.1) is 5.41 Å². The maximum atomic E-state index is 11.9. The van der Waals surface area contributed by atoms with Crippen LogP contribution < -0.4 is 5.73 Å². The molecule has 5 N–H and O–H groups in total. The van der Waals surface area contributed by atoms with Crippen LogP contribution in [0.25, 0.3) is 10.9 Å². The largest absolute Gasteiger partial charge is 0.508 e. The average molecular weight is 269 g/mol. The first kappa shape index (κ1) is 13.9. The number of carbonyl (C=O) groups excluding carboxylic acids is 1. The SMILES string of the molecule is CN(C(=N)N)C(=O)c1cc2ccc(O)cc2[nH]1.Cl. The van der Waals surface area contributed by atoms with E-state index in [1.807, 2.05) is 0 Å². The molecule has 0 atom stereocenters. The Kier molecular flexibility index (Phi) is 3.82. The Morgan fingerprint density at radius 3 is 2.72 bits per heavy atom. The lowest BCUT2D eigenvalue weighted by Gasteiger charge is -2.12. The minimum Gasteiger partial charge on any atom is -0.508 e. The number of carbonyl (C=O) groups is 1. The van der Waals surface area contributed by atoms with E-state index in [1.54, 1.807) is 18.2 Å². The van der Waals surface area contributed by atoms with Crippen LogP contribution in [0.1, 0.15) is 10.5 Å². The number of nitrogens with one attached hydrogen (secondary N) is 2. The molecule has 0 aliphatic rings. The van der Waals surface area contributed by atoms with E-state index in [1.165, 1.54) is 13.1 Å². The zero-order valence-corrected chi connectivity index (χ0v) is 10.4. The van der Waals surface area contributed by atoms with Crippen molar-refractivity contribution < 1.29 is 9.90 Å². The van der Waals surface area contributed by atoms with E-state index in [9.17, 15) is 9.90 Å². The summed E-state index contributed by atoms with van der Waals surface area (Å²) < 4.78 is 0. The summed E-state index contributed by atoms with van der Waals surface area (Å²) in [5.41, 5.74) is 6.21. The van der Waals surface area contributed by atoms with Crippen molar-refractivity contribution in [1.82, 2.24) is 9.88 Å². The molecule has 1 aromatic heterocycles. The van der Waals surface area contributed by atoms with Crippen molar-refractivity contribution >= 4 is 35.2 Å². The molecule has 0 unspecified atom stereocenters. The Bertz CT molecular complexity index is 608. The molecular formula is C11H13ClN4O2. The lowest BCUT2D eigenvalue weighted by molar-refractivity contribution is 0.0864. The number of phenolic OH excluding ortho intramolecular Hbond substituents is 1. The lowest BCUT2D eigenvalue weighted by Crippen LogP contribution is -2.38. The maximum absolute atomic E-state index is 11.9. The molecule has 2 aromatic rings. The molecule has 7 heteroatoms. The highest BCUT2D eigenvalue weighted by Crippen LogP contribution is 2.20. The molecule has 1 aromatic carbocycles. The molecule has 18 heavy (non-hydrogen) atoms. The van der Waals surface area contributed by atoms with E-state index < -0.39 is 5.91 Å². The quantitative estimate of drug-likeness (QED) is 0.462. The minimum atomic E-state index is -0.395. The highest BCUT2D eigenvalue weighted by atomic mass is 35.5. The van der Waals surface area contributed by atoms with Crippen LogP contribution in [-0.2, 0) is 0 Å². The molecule has 1 heterocycles. The Hall–Kier alpha value is -2.21. The van der Waals surface area contributed by atoms with Crippen molar-refractivity contribution in [3.05, 3.63) is 30.0 Å². The molecular weight excluding hydrogens is 256 g/mol. The number of fused-ring (bicyclic) bond motifs is 1. The fraction of sp³-hybridized carbons (Fsp3) is 0.0909. The predicted octanol–water partition coefficient (Wildman–Crippen LogP) is 1.26. The molecule has 0 aliphatic carbocycles. The number of phenols is 1. The second kappa shape index (κ2) is 4.97. The molecule has 96 valence electrons. The topological polar surface area (TPSA) is 106 Å². The van der Waals surface area contributed by atoms with Gasteiger partial charge in [-0.1, -0.05) is 0 Å². The molecule has 0 saturated carbocycles. The number of H-pyrrole nitrogens is 1. The molecule has 2 rings (SSSR count). The van der Waals surface area contributed by atoms with E-state index in [0.717, 1.165) is 10.3 Å². The molecule has 1 amide bonds. The molecule has 0 radical (unpaired) electrons. The number of benzene rings is 1. The Balaban J connectivity index is 0.00000162. The minimum absolute atomic E-state index is 0. The van der Waals surface area contributed by atoms with Gasteiger partial charge >= 0.3 is 0 Å². The van der Waals surface area contributed by atoms with Crippen molar-refractivity contribution in [2.75, 3.05) is 7.05 Å². The van der Waals surface area contributed by atoms with E-state index >= 15 is 0 Å². The zero-order valence-electron chi connectivity index (χ0n) is 9.60. The first-order chi connectivity index (χ1) is 7.99. The van der Waals surface area contributed by atoms with Gasteiger partial charge in [0.1, 0.15) is 11.4 Å². The van der Waals surface area contributed by atoms with Crippen LogP contribution in [-0.4, -0.2) is 33.9 Å². The summed E-state index contributed by atoms with van der Waals surface area (Å²) in [7, 11) is 1.42. The number of nitrogens with zero attached hydrogens (tertiary/aromatic N) is 1. The van der Waals surface area contributed by atoms with Crippen LogP contribution in [0.5, 0.6) is 5.75 Å². The van der Waals surface area contributed by atoms with Crippen molar-refractivity contribution in [2.24, 2.45) is 5.73 Å². The van der Waals surface area contributed by atoms with Crippen LogP contribution in [0.4, 0.5) is 0 Å². The van der Waals surface area contributed by atoms with Gasteiger partial charge in [-0.15, -0.1) is 12.4 Å². The molecule has 0 fully saturated rings. The number of rotatable bonds is 1. The molecule has 0 saturated heterocycles. The number of aromatic amines is 1. The van der Waals surface area contributed by atoms with Crippen molar-refractivity contribution in [3.8, 4) is 5.75 Å². The smallest absolute Gasteiger partial charge is 0.276 e. The highest BCUT2D eigenvalue weighted by molar-refractivity contribution is 6.05. The van der Waals surface area contributed by atoms with Gasteiger partial charge in [0, 0.05) is 24.0 Å². The normalized spacial score (nSPS) is 9.83. The van der Waals surface area contributed by atoms with Gasteiger partial charge in [0.2, 0.25) is 0 Å². The highest BCUT2D eigenvalue weighted by Gasteiger charge is 2.16. The van der Waals surface area contributed by atoms with Gasteiger partial charge in [-0.05, 0) is 18.2 Å². The molecule has 0 aliphatic heterocycles. The van der Waals surface area contributed by atoms with Crippen LogP contribution in [0.3, 0.4) is 0 Å². The van der Waals surface area contributed by atoms with Gasteiger partial charge in [0.05, 0.1) is 0 Å². The third-order valence-electron chi connectivity index (χ3n) is 2.50. The molecule has 0 bridgehead atoms. The monoisotopic (exact) mass is 268 g/mol. The Labute approximate surface area is 109 Å². The van der Waals surface area contributed by atoms with Crippen LogP contribution in [0.2, 0.25) is 0 Å². The van der Waals surface area contributed by atoms with Gasteiger partial charge in [0.15, 0.2) is 5.96 Å². The van der Waals surface area contributed by atoms with Crippen molar-refractivity contribution in [2.45, 2.75) is 0 Å². The first-order valence-corrected chi connectivity index (χ1v) is 4.93. The lowest BCUT2D eigenvalue weighted by atomic mass is 10.2. The summed E-state index contributed by atoms with van der Waals surface area (Å²) in [5, 5.41) is 17.3. The van der Waals surface area contributed by atoms with E-state index in [-0.39, 0.29) is 24.1 Å². The molecule has 6 nitrogen and oxygen atoms in total. The molecule has 0 spiro atoms. The maximum Gasteiger partial charge on any atom is 0.276 e. The number of aromatic nitrogens is 1. The number of nitrogens with two attached hydrogens (primary N) is 1. The third kappa shape index (κ3) is 2.38. The van der Waals surface area contributed by atoms with E-state index in [2.05, 4.69) is 4.98 Å². The average Bonchev–Trinajstić information content (AvgIpc) is 2.69. The number of guanidine groups is 1. The number of hydrogen-bond donors (Lipinski definition) is 4. The first-order valence-electron chi connectivity index (χ1n) is 4.93. The fourth-order valence-corrected chi connectivity index (χ4v) is 1.52. The number of halogens is 1. The Morgan fingerprint density at radius 2 is 2.11 bits per heavy atom. The second-order valence-electron chi connectivity index (χ2n) is 3.70. The predicted molar refractivity (Wildman–Crippen MR) is 71.2 cm³/mol. The van der Waals surface area contributed by atoms with Crippen LogP contribution >= 0.6 is 12.4 Å². The third-order valence-corrected chi connectivity index (χ3v) is 2.50. The standard InChI is InChI=1S/C11H12N4O2.ClH/c1-15(11(12)13)10(17)9-4-6-2-3-7(16)5-8(6)14-9;/h2-5,14,16H,1H3,(H3,12,13);1H. The summed E-state index contributed by atoms with van der Waals surface area (Å²) in [6, 6.07) is 6.42. The van der Waals surface area contributed by atoms with Crippen LogP contribution in [0.15, 0.2) is 24.3 Å². The van der Waals surface area contributed by atoms with Crippen molar-refractivity contribution in [3.63, 3.8) is 0 Å². The van der Waals surface area contributed by atoms with Gasteiger partial charge in [-0.25, -0.2) is 0 Å². The summed E-state index contributed by atoms with van der Waals surface area (Å²) in [6.07, 6.45) is 0. The summed E-state index contributed by atoms with van der Waals surface area (Å²) in [5.74, 6) is -0.594. The zero-order chi connectivity index (χ0) is 12.6. The van der Waals surface area contributed by atoms with E-state index in [4.69, 9.17) is 11.1 Å². The van der Waals surface area contributed by atoms with Gasteiger partial charge in [0.25, 0.3) is 5.91 Å². The number of hydrogen-bond acceptors (Lipinski definition) is 3.